The summed E-state index contributed by atoms with van der Waals surface area (Å²) in [5.74, 6) is 0.00322. The fraction of sp³-hybridized carbons (Fsp3) is 0.150. The van der Waals surface area contributed by atoms with Crippen molar-refractivity contribution in [1.29, 1.82) is 0 Å². The molecule has 26 heavy (non-hydrogen) atoms. The van der Waals surface area contributed by atoms with Crippen molar-refractivity contribution in [3.63, 3.8) is 0 Å². The Labute approximate surface area is 162 Å². The molecule has 0 aliphatic carbocycles. The number of amides is 1. The van der Waals surface area contributed by atoms with Gasteiger partial charge in [0.2, 0.25) is 5.91 Å². The molecule has 4 nitrogen and oxygen atoms in total. The van der Waals surface area contributed by atoms with E-state index in [0.29, 0.717) is 23.2 Å². The van der Waals surface area contributed by atoms with Gasteiger partial charge in [-0.2, -0.15) is 5.10 Å². The van der Waals surface area contributed by atoms with Crippen LogP contribution in [0.15, 0.2) is 77.5 Å². The van der Waals surface area contributed by atoms with Crippen molar-refractivity contribution < 1.29 is 4.79 Å². The van der Waals surface area contributed by atoms with Crippen LogP contribution in [-0.4, -0.2) is 34.0 Å². The second kappa shape index (κ2) is 8.83. The van der Waals surface area contributed by atoms with Gasteiger partial charge in [0.15, 0.2) is 5.17 Å². The second-order valence-corrected chi connectivity index (χ2v) is 7.25. The van der Waals surface area contributed by atoms with Crippen molar-refractivity contribution in [2.75, 3.05) is 6.54 Å². The van der Waals surface area contributed by atoms with Gasteiger partial charge in [-0.15, -0.1) is 11.7 Å². The Balaban J connectivity index is 1.77. The summed E-state index contributed by atoms with van der Waals surface area (Å²) in [7, 11) is 0. The van der Waals surface area contributed by atoms with E-state index in [9.17, 15) is 4.79 Å². The Bertz CT molecular complexity index is 851. The predicted octanol–water partition coefficient (Wildman–Crippen LogP) is 4.40. The number of hydrogen-bond acceptors (Lipinski definition) is 4. The van der Waals surface area contributed by atoms with Gasteiger partial charge in [-0.1, -0.05) is 78.0 Å². The molecule has 1 saturated heterocycles. The molecule has 3 rings (SSSR count). The molecule has 1 aliphatic rings. The second-order valence-electron chi connectivity index (χ2n) is 5.68. The zero-order valence-corrected chi connectivity index (χ0v) is 15.7. The van der Waals surface area contributed by atoms with Crippen molar-refractivity contribution in [2.45, 2.75) is 11.7 Å². The zero-order valence-electron chi connectivity index (χ0n) is 14.1. The minimum Gasteiger partial charge on any atom is -0.285 e. The number of thioether (sulfide) groups is 1. The van der Waals surface area contributed by atoms with Crippen LogP contribution in [0.4, 0.5) is 0 Å². The van der Waals surface area contributed by atoms with Crippen LogP contribution in [0, 0.1) is 0 Å². The molecule has 0 saturated carbocycles. The average molecular weight is 384 g/mol. The van der Waals surface area contributed by atoms with E-state index in [-0.39, 0.29) is 11.2 Å². The van der Waals surface area contributed by atoms with Crippen LogP contribution in [0.5, 0.6) is 0 Å². The van der Waals surface area contributed by atoms with Crippen LogP contribution in [0.25, 0.3) is 0 Å². The Kier molecular flexibility index (Phi) is 6.26. The molecular weight excluding hydrogens is 366 g/mol. The molecule has 0 radical (unpaired) electrons. The van der Waals surface area contributed by atoms with Crippen LogP contribution < -0.4 is 0 Å². The summed E-state index contributed by atoms with van der Waals surface area (Å²) in [4.78, 5) is 14.3. The fourth-order valence-corrected chi connectivity index (χ4v) is 3.91. The van der Waals surface area contributed by atoms with E-state index in [1.165, 1.54) is 11.8 Å². The third-order valence-electron chi connectivity index (χ3n) is 3.84. The molecule has 2 aromatic carbocycles. The lowest BCUT2D eigenvalue weighted by atomic mass is 10.1. The third-order valence-corrected chi connectivity index (χ3v) is 5.38. The number of rotatable bonds is 6. The van der Waals surface area contributed by atoms with Gasteiger partial charge in [0.1, 0.15) is 0 Å². The van der Waals surface area contributed by atoms with E-state index < -0.39 is 0 Å². The molecule has 0 N–H and O–H groups in total. The van der Waals surface area contributed by atoms with Crippen molar-refractivity contribution in [2.24, 2.45) is 10.2 Å². The van der Waals surface area contributed by atoms with Crippen LogP contribution in [0.3, 0.4) is 0 Å². The molecule has 2 aromatic rings. The van der Waals surface area contributed by atoms with Crippen molar-refractivity contribution >= 4 is 40.7 Å². The van der Waals surface area contributed by atoms with Crippen molar-refractivity contribution in [3.8, 4) is 0 Å². The largest absolute Gasteiger partial charge is 0.285 e. The first-order chi connectivity index (χ1) is 12.7. The quantitative estimate of drug-likeness (QED) is 0.421. The number of halogens is 1. The van der Waals surface area contributed by atoms with Crippen molar-refractivity contribution in [3.05, 3.63) is 83.4 Å². The first-order valence-corrected chi connectivity index (χ1v) is 9.43. The molecule has 1 fully saturated rings. The molecule has 132 valence electrons. The van der Waals surface area contributed by atoms with Gasteiger partial charge >= 0.3 is 0 Å². The first kappa shape index (κ1) is 18.4. The highest BCUT2D eigenvalue weighted by Gasteiger charge is 2.37. The van der Waals surface area contributed by atoms with Gasteiger partial charge < -0.3 is 0 Å². The van der Waals surface area contributed by atoms with Crippen LogP contribution in [0.1, 0.15) is 11.1 Å². The molecule has 1 aliphatic heterocycles. The molecule has 0 bridgehead atoms. The third kappa shape index (κ3) is 4.42. The van der Waals surface area contributed by atoms with E-state index in [2.05, 4.69) is 16.8 Å². The fourth-order valence-electron chi connectivity index (χ4n) is 2.56. The van der Waals surface area contributed by atoms with Gasteiger partial charge in [0.05, 0.1) is 11.5 Å². The van der Waals surface area contributed by atoms with E-state index in [1.807, 2.05) is 54.6 Å². The van der Waals surface area contributed by atoms with E-state index in [1.54, 1.807) is 17.2 Å². The normalized spacial score (nSPS) is 18.8. The predicted molar refractivity (Wildman–Crippen MR) is 110 cm³/mol. The molecule has 0 spiro atoms. The summed E-state index contributed by atoms with van der Waals surface area (Å²) in [5, 5.41) is 9.38. The van der Waals surface area contributed by atoms with E-state index in [0.717, 1.165) is 11.1 Å². The minimum absolute atomic E-state index is 0.00322. The Hall–Kier alpha value is -2.37. The van der Waals surface area contributed by atoms with E-state index in [4.69, 9.17) is 11.6 Å². The van der Waals surface area contributed by atoms with Crippen LogP contribution in [0.2, 0.25) is 5.02 Å². The minimum atomic E-state index is -0.263. The highest BCUT2D eigenvalue weighted by molar-refractivity contribution is 8.15. The summed E-state index contributed by atoms with van der Waals surface area (Å²) >= 11 is 7.64. The maximum atomic E-state index is 12.7. The Morgan fingerprint density at radius 3 is 2.62 bits per heavy atom. The van der Waals surface area contributed by atoms with Gasteiger partial charge in [-0.3, -0.25) is 9.69 Å². The van der Waals surface area contributed by atoms with Gasteiger partial charge in [-0.05, 0) is 23.6 Å². The molecule has 1 atom stereocenters. The highest BCUT2D eigenvalue weighted by Crippen LogP contribution is 2.31. The summed E-state index contributed by atoms with van der Waals surface area (Å²) in [6.45, 7) is 4.13. The standard InChI is InChI=1S/C20H18ClN3OS/c1-2-12-24-19(25)18(13-16-10-6-7-11-17(16)21)26-20(24)23-22-14-15-8-4-3-5-9-15/h2-11,14,18H,1,12-13H2/b22-14-,23-20-/t18-/m1/s1. The summed E-state index contributed by atoms with van der Waals surface area (Å²) in [6.07, 6.45) is 3.91. The van der Waals surface area contributed by atoms with E-state index >= 15 is 0 Å². The monoisotopic (exact) mass is 383 g/mol. The first-order valence-electron chi connectivity index (χ1n) is 8.17. The SMILES string of the molecule is C=CCN1C(=O)[C@@H](Cc2ccccc2Cl)S/C1=N\N=C/c1ccccc1. The topological polar surface area (TPSA) is 45.0 Å². The lowest BCUT2D eigenvalue weighted by Gasteiger charge is -2.13. The number of carbonyl (C=O) groups is 1. The number of benzene rings is 2. The molecule has 1 heterocycles. The van der Waals surface area contributed by atoms with Gasteiger partial charge in [-0.25, -0.2) is 0 Å². The summed E-state index contributed by atoms with van der Waals surface area (Å²) in [6, 6.07) is 17.3. The molecule has 0 unspecified atom stereocenters. The van der Waals surface area contributed by atoms with Gasteiger partial charge in [0, 0.05) is 11.6 Å². The molecular formula is C20H18ClN3OS. The maximum Gasteiger partial charge on any atom is 0.242 e. The number of nitrogens with zero attached hydrogens (tertiary/aromatic N) is 3. The van der Waals surface area contributed by atoms with Crippen LogP contribution >= 0.6 is 23.4 Å². The number of carbonyl (C=O) groups excluding carboxylic acids is 1. The Morgan fingerprint density at radius 2 is 1.88 bits per heavy atom. The summed E-state index contributed by atoms with van der Waals surface area (Å²) in [5.41, 5.74) is 1.90. The average Bonchev–Trinajstić information content (AvgIpc) is 2.94. The molecule has 0 aromatic heterocycles. The zero-order chi connectivity index (χ0) is 18.4. The molecule has 6 heteroatoms. The molecule has 1 amide bonds. The highest BCUT2D eigenvalue weighted by atomic mass is 35.5. The number of amidine groups is 1. The Morgan fingerprint density at radius 1 is 1.15 bits per heavy atom. The lowest BCUT2D eigenvalue weighted by Crippen LogP contribution is -2.32. The maximum absolute atomic E-state index is 12.7. The van der Waals surface area contributed by atoms with Gasteiger partial charge in [0.25, 0.3) is 0 Å². The van der Waals surface area contributed by atoms with Crippen LogP contribution in [-0.2, 0) is 11.2 Å². The number of hydrogen-bond donors (Lipinski definition) is 0. The lowest BCUT2D eigenvalue weighted by molar-refractivity contribution is -0.125. The summed E-state index contributed by atoms with van der Waals surface area (Å²) < 4.78 is 0. The van der Waals surface area contributed by atoms with Crippen molar-refractivity contribution in [1.82, 2.24) is 4.90 Å². The smallest absolute Gasteiger partial charge is 0.242 e.